The summed E-state index contributed by atoms with van der Waals surface area (Å²) in [4.78, 5) is 16.9. The number of carbonyl (C=O) groups excluding carboxylic acids is 1. The van der Waals surface area contributed by atoms with Gasteiger partial charge in [0.25, 0.3) is 0 Å². The SMILES string of the molecule is O=C(Cc1cc(C(F)(F)F)cc(C(F)(F)F)c1)NCC(c1cccc(C(F)(F)F)c1F)N1CCC(N2CCCCC2)CC1. The monoisotopic (exact) mass is 627 g/mol. The molecule has 2 heterocycles. The standard InChI is InChI=1S/C29H31F10N3O/c30-26-22(5-4-6-23(26)29(37,38)39)24(42-11-7-21(8-12-42)41-9-2-1-3-10-41)17-40-25(43)15-18-13-19(27(31,32)33)16-20(14-18)28(34,35)36/h4-6,13-14,16,21,24H,1-3,7-12,15,17H2,(H,40,43). The first kappa shape index (κ1) is 33.0. The number of hydrogen-bond donors (Lipinski definition) is 1. The van der Waals surface area contributed by atoms with Crippen LogP contribution in [0.4, 0.5) is 43.9 Å². The molecule has 1 N–H and O–H groups in total. The molecule has 0 bridgehead atoms. The van der Waals surface area contributed by atoms with Crippen LogP contribution < -0.4 is 5.32 Å². The molecule has 1 unspecified atom stereocenters. The van der Waals surface area contributed by atoms with E-state index < -0.39 is 71.5 Å². The third-order valence-corrected chi connectivity index (χ3v) is 8.04. The number of amides is 1. The molecule has 0 aliphatic carbocycles. The van der Waals surface area contributed by atoms with Crippen molar-refractivity contribution >= 4 is 5.91 Å². The maximum Gasteiger partial charge on any atom is 0.419 e. The van der Waals surface area contributed by atoms with Crippen molar-refractivity contribution in [3.8, 4) is 0 Å². The second-order valence-electron chi connectivity index (χ2n) is 11.0. The Morgan fingerprint density at radius 1 is 0.814 bits per heavy atom. The molecule has 0 radical (unpaired) electrons. The van der Waals surface area contributed by atoms with Crippen molar-refractivity contribution in [3.63, 3.8) is 0 Å². The van der Waals surface area contributed by atoms with Crippen LogP contribution in [0.15, 0.2) is 36.4 Å². The smallest absolute Gasteiger partial charge is 0.354 e. The highest BCUT2D eigenvalue weighted by molar-refractivity contribution is 5.78. The Bertz CT molecular complexity index is 1230. The van der Waals surface area contributed by atoms with Gasteiger partial charge >= 0.3 is 18.5 Å². The van der Waals surface area contributed by atoms with Crippen LogP contribution >= 0.6 is 0 Å². The van der Waals surface area contributed by atoms with E-state index in [2.05, 4.69) is 10.2 Å². The van der Waals surface area contributed by atoms with Gasteiger partial charge in [-0.1, -0.05) is 18.6 Å². The number of rotatable bonds is 7. The van der Waals surface area contributed by atoms with Crippen molar-refractivity contribution in [1.82, 2.24) is 15.1 Å². The minimum absolute atomic E-state index is 0.0542. The molecule has 14 heteroatoms. The van der Waals surface area contributed by atoms with Gasteiger partial charge in [0.15, 0.2) is 0 Å². The van der Waals surface area contributed by atoms with Crippen molar-refractivity contribution in [2.45, 2.75) is 69.1 Å². The lowest BCUT2D eigenvalue weighted by molar-refractivity contribution is -0.143. The molecular weight excluding hydrogens is 596 g/mol. The Hall–Kier alpha value is -2.87. The molecule has 0 spiro atoms. The van der Waals surface area contributed by atoms with E-state index in [1.54, 1.807) is 4.90 Å². The summed E-state index contributed by atoms with van der Waals surface area (Å²) in [6.07, 6.45) is -11.4. The Balaban J connectivity index is 1.54. The summed E-state index contributed by atoms with van der Waals surface area (Å²) in [5, 5.41) is 2.40. The lowest BCUT2D eigenvalue weighted by Gasteiger charge is -2.43. The topological polar surface area (TPSA) is 35.6 Å². The van der Waals surface area contributed by atoms with Crippen molar-refractivity contribution in [2.75, 3.05) is 32.7 Å². The van der Waals surface area contributed by atoms with Crippen LogP contribution in [0.5, 0.6) is 0 Å². The summed E-state index contributed by atoms with van der Waals surface area (Å²) in [5.41, 5.74) is -5.50. The van der Waals surface area contributed by atoms with Gasteiger partial charge in [-0.15, -0.1) is 0 Å². The highest BCUT2D eigenvalue weighted by atomic mass is 19.4. The summed E-state index contributed by atoms with van der Waals surface area (Å²) in [6.45, 7) is 2.26. The zero-order chi connectivity index (χ0) is 31.6. The molecule has 2 aromatic rings. The second kappa shape index (κ2) is 13.0. The van der Waals surface area contributed by atoms with Gasteiger partial charge in [0.1, 0.15) is 5.82 Å². The number of benzene rings is 2. The molecule has 0 saturated carbocycles. The first-order chi connectivity index (χ1) is 20.0. The zero-order valence-corrected chi connectivity index (χ0v) is 23.0. The number of nitrogens with zero attached hydrogens (tertiary/aromatic N) is 2. The predicted octanol–water partition coefficient (Wildman–Crippen LogP) is 7.23. The lowest BCUT2D eigenvalue weighted by atomic mass is 9.95. The van der Waals surface area contributed by atoms with Gasteiger partial charge in [0.05, 0.1) is 29.2 Å². The van der Waals surface area contributed by atoms with E-state index in [4.69, 9.17) is 0 Å². The van der Waals surface area contributed by atoms with Crippen LogP contribution in [0.2, 0.25) is 0 Å². The lowest BCUT2D eigenvalue weighted by Crippen LogP contribution is -2.49. The first-order valence-electron chi connectivity index (χ1n) is 13.9. The Labute approximate surface area is 242 Å². The summed E-state index contributed by atoms with van der Waals surface area (Å²) in [5.74, 6) is -2.46. The van der Waals surface area contributed by atoms with Gasteiger partial charge in [-0.25, -0.2) is 4.39 Å². The third-order valence-electron chi connectivity index (χ3n) is 8.04. The Morgan fingerprint density at radius 3 is 1.93 bits per heavy atom. The maximum atomic E-state index is 15.2. The highest BCUT2D eigenvalue weighted by Crippen LogP contribution is 2.38. The molecule has 43 heavy (non-hydrogen) atoms. The number of halogens is 10. The molecule has 4 nitrogen and oxygen atoms in total. The van der Waals surface area contributed by atoms with Gasteiger partial charge < -0.3 is 10.2 Å². The van der Waals surface area contributed by atoms with Crippen molar-refractivity contribution in [3.05, 3.63) is 70.0 Å². The second-order valence-corrected chi connectivity index (χ2v) is 11.0. The van der Waals surface area contributed by atoms with Crippen LogP contribution in [0, 0.1) is 5.82 Å². The Kier molecular flexibility index (Phi) is 9.99. The van der Waals surface area contributed by atoms with Crippen molar-refractivity contribution < 1.29 is 48.7 Å². The minimum atomic E-state index is -5.10. The zero-order valence-electron chi connectivity index (χ0n) is 23.0. The van der Waals surface area contributed by atoms with Gasteiger partial charge in [-0.2, -0.15) is 39.5 Å². The van der Waals surface area contributed by atoms with E-state index in [9.17, 15) is 44.3 Å². The number of likely N-dealkylation sites (tertiary alicyclic amines) is 2. The first-order valence-corrected chi connectivity index (χ1v) is 13.9. The van der Waals surface area contributed by atoms with E-state index >= 15 is 4.39 Å². The number of carbonyl (C=O) groups is 1. The molecule has 0 aromatic heterocycles. The number of hydrogen-bond acceptors (Lipinski definition) is 3. The average molecular weight is 628 g/mol. The fraction of sp³-hybridized carbons (Fsp3) is 0.552. The molecule has 2 fully saturated rings. The normalized spacial score (nSPS) is 18.9. The van der Waals surface area contributed by atoms with Crippen LogP contribution in [0.1, 0.15) is 66.0 Å². The van der Waals surface area contributed by atoms with Crippen LogP contribution in [-0.4, -0.2) is 54.5 Å². The van der Waals surface area contributed by atoms with Gasteiger partial charge in [0.2, 0.25) is 5.91 Å². The van der Waals surface area contributed by atoms with Crippen LogP contribution in [-0.2, 0) is 29.7 Å². The van der Waals surface area contributed by atoms with E-state index in [1.165, 1.54) is 6.07 Å². The van der Waals surface area contributed by atoms with Gasteiger partial charge in [-0.05, 0) is 68.6 Å². The van der Waals surface area contributed by atoms with E-state index in [0.717, 1.165) is 38.4 Å². The summed E-state index contributed by atoms with van der Waals surface area (Å²) < 4.78 is 135. The molecular formula is C29H31F10N3O. The average Bonchev–Trinajstić information content (AvgIpc) is 2.93. The number of alkyl halides is 9. The largest absolute Gasteiger partial charge is 0.419 e. The third kappa shape index (κ3) is 8.40. The predicted molar refractivity (Wildman–Crippen MR) is 137 cm³/mol. The molecule has 2 aliphatic heterocycles. The highest BCUT2D eigenvalue weighted by Gasteiger charge is 2.39. The fourth-order valence-electron chi connectivity index (χ4n) is 5.89. The molecule has 1 amide bonds. The van der Waals surface area contributed by atoms with Crippen molar-refractivity contribution in [2.24, 2.45) is 0 Å². The Morgan fingerprint density at radius 2 is 1.40 bits per heavy atom. The van der Waals surface area contributed by atoms with Crippen molar-refractivity contribution in [1.29, 1.82) is 0 Å². The minimum Gasteiger partial charge on any atom is -0.354 e. The number of piperidine rings is 2. The van der Waals surface area contributed by atoms with E-state index in [-0.39, 0.29) is 17.7 Å². The summed E-state index contributed by atoms with van der Waals surface area (Å²) in [6, 6.07) is 2.85. The molecule has 1 atom stereocenters. The number of nitrogens with one attached hydrogen (secondary N) is 1. The molecule has 238 valence electrons. The van der Waals surface area contributed by atoms with Crippen LogP contribution in [0.25, 0.3) is 0 Å². The molecule has 2 saturated heterocycles. The maximum absolute atomic E-state index is 15.2. The molecule has 2 aliphatic rings. The fourth-order valence-corrected chi connectivity index (χ4v) is 5.89. The van der Waals surface area contributed by atoms with Crippen LogP contribution in [0.3, 0.4) is 0 Å². The van der Waals surface area contributed by atoms with Gasteiger partial charge in [-0.3, -0.25) is 9.69 Å². The van der Waals surface area contributed by atoms with Gasteiger partial charge in [0, 0.05) is 31.2 Å². The summed E-state index contributed by atoms with van der Waals surface area (Å²) in [7, 11) is 0. The van der Waals surface area contributed by atoms with E-state index in [0.29, 0.717) is 44.1 Å². The quantitative estimate of drug-likeness (QED) is 0.329. The molecule has 2 aromatic carbocycles. The summed E-state index contributed by atoms with van der Waals surface area (Å²) >= 11 is 0. The van der Waals surface area contributed by atoms with E-state index in [1.807, 2.05) is 0 Å². The molecule has 4 rings (SSSR count).